The summed E-state index contributed by atoms with van der Waals surface area (Å²) in [5.41, 5.74) is -0.785. The fourth-order valence-corrected chi connectivity index (χ4v) is 4.85. The molecule has 12 heteroatoms. The SMILES string of the molecule is Cc1nc2c(-c3ccc(C(F)(F)F)cc3F)nc([C@H]3CCO[C@H](c4cnn(C5CC5)c4)C3)nc2c(=O)n1C. The third-order valence-electron chi connectivity index (χ3n) is 7.28. The first-order chi connectivity index (χ1) is 18.1. The third-order valence-corrected chi connectivity index (χ3v) is 7.28. The Kier molecular flexibility index (Phi) is 5.82. The lowest BCUT2D eigenvalue weighted by Gasteiger charge is -2.28. The van der Waals surface area contributed by atoms with E-state index in [0.717, 1.165) is 30.5 Å². The quantitative estimate of drug-likeness (QED) is 0.346. The predicted octanol–water partition coefficient (Wildman–Crippen LogP) is 5.02. The van der Waals surface area contributed by atoms with Crippen LogP contribution in [-0.2, 0) is 18.0 Å². The van der Waals surface area contributed by atoms with Crippen LogP contribution in [0.3, 0.4) is 0 Å². The van der Waals surface area contributed by atoms with E-state index in [2.05, 4.69) is 20.1 Å². The lowest BCUT2D eigenvalue weighted by Crippen LogP contribution is -2.25. The van der Waals surface area contributed by atoms with Crippen molar-refractivity contribution in [3.05, 3.63) is 69.5 Å². The van der Waals surface area contributed by atoms with Gasteiger partial charge in [-0.1, -0.05) is 0 Å². The number of aryl methyl sites for hydroxylation is 1. The Morgan fingerprint density at radius 1 is 1.08 bits per heavy atom. The van der Waals surface area contributed by atoms with Crippen LogP contribution in [0.5, 0.6) is 0 Å². The number of alkyl halides is 3. The molecule has 1 aliphatic carbocycles. The third kappa shape index (κ3) is 4.36. The van der Waals surface area contributed by atoms with Gasteiger partial charge in [-0.2, -0.15) is 18.3 Å². The second-order valence-corrected chi connectivity index (χ2v) is 9.91. The van der Waals surface area contributed by atoms with Gasteiger partial charge in [0.05, 0.1) is 23.9 Å². The summed E-state index contributed by atoms with van der Waals surface area (Å²) in [5.74, 6) is -0.698. The Bertz CT molecular complexity index is 1610. The molecule has 1 aromatic carbocycles. The maximum absolute atomic E-state index is 15.1. The van der Waals surface area contributed by atoms with E-state index < -0.39 is 23.1 Å². The van der Waals surface area contributed by atoms with Crippen molar-refractivity contribution in [2.24, 2.45) is 7.05 Å². The van der Waals surface area contributed by atoms with Crippen LogP contribution in [0.1, 0.15) is 66.5 Å². The average molecular weight is 529 g/mol. The first kappa shape index (κ1) is 24.7. The molecule has 2 atom stereocenters. The number of nitrogens with zero attached hydrogens (tertiary/aromatic N) is 6. The van der Waals surface area contributed by atoms with Gasteiger partial charge in [-0.25, -0.2) is 19.3 Å². The number of rotatable bonds is 4. The number of fused-ring (bicyclic) bond motifs is 1. The number of hydrogen-bond donors (Lipinski definition) is 0. The van der Waals surface area contributed by atoms with Crippen LogP contribution in [0.15, 0.2) is 35.4 Å². The van der Waals surface area contributed by atoms with Crippen molar-refractivity contribution >= 4 is 11.0 Å². The Hall–Kier alpha value is -3.67. The number of aromatic nitrogens is 6. The molecular weight excluding hydrogens is 504 g/mol. The van der Waals surface area contributed by atoms with Crippen LogP contribution in [0.4, 0.5) is 17.6 Å². The molecule has 0 spiro atoms. The lowest BCUT2D eigenvalue weighted by atomic mass is 9.92. The van der Waals surface area contributed by atoms with Gasteiger partial charge >= 0.3 is 6.18 Å². The normalized spacial score (nSPS) is 20.3. The van der Waals surface area contributed by atoms with Gasteiger partial charge in [0, 0.05) is 36.9 Å². The van der Waals surface area contributed by atoms with E-state index in [0.29, 0.717) is 43.2 Å². The molecule has 0 unspecified atom stereocenters. The molecule has 0 amide bonds. The average Bonchev–Trinajstić information content (AvgIpc) is 3.63. The maximum atomic E-state index is 15.1. The molecule has 1 aliphatic heterocycles. The molecule has 4 aromatic rings. The van der Waals surface area contributed by atoms with Gasteiger partial charge in [0.15, 0.2) is 5.52 Å². The minimum absolute atomic E-state index is 0.0120. The summed E-state index contributed by atoms with van der Waals surface area (Å²) in [6.45, 7) is 2.02. The Morgan fingerprint density at radius 3 is 2.58 bits per heavy atom. The summed E-state index contributed by atoms with van der Waals surface area (Å²) < 4.78 is 63.9. The molecule has 8 nitrogen and oxygen atoms in total. The molecule has 1 saturated carbocycles. The zero-order valence-electron chi connectivity index (χ0n) is 20.7. The van der Waals surface area contributed by atoms with Crippen molar-refractivity contribution in [3.8, 4) is 11.3 Å². The summed E-state index contributed by atoms with van der Waals surface area (Å²) in [6.07, 6.45) is 2.09. The largest absolute Gasteiger partial charge is 0.416 e. The van der Waals surface area contributed by atoms with Crippen molar-refractivity contribution in [1.29, 1.82) is 0 Å². The van der Waals surface area contributed by atoms with E-state index >= 15 is 4.39 Å². The predicted molar refractivity (Wildman–Crippen MR) is 129 cm³/mol. The molecule has 0 radical (unpaired) electrons. The van der Waals surface area contributed by atoms with E-state index in [-0.39, 0.29) is 34.3 Å². The second-order valence-electron chi connectivity index (χ2n) is 9.91. The molecule has 4 heterocycles. The molecule has 2 fully saturated rings. The van der Waals surface area contributed by atoms with E-state index in [1.807, 2.05) is 10.9 Å². The second kappa shape index (κ2) is 8.97. The first-order valence-electron chi connectivity index (χ1n) is 12.4. The van der Waals surface area contributed by atoms with Crippen molar-refractivity contribution in [2.45, 2.75) is 56.8 Å². The molecular formula is C26H24F4N6O2. The van der Waals surface area contributed by atoms with Gasteiger partial charge < -0.3 is 4.74 Å². The standard InChI is InChI=1S/C26H24F4N6O2/c1-13-32-22-21(18-6-3-16(10-19(18)27)26(28,29)30)33-24(34-23(22)25(37)35(13)2)14-7-8-38-20(9-14)15-11-31-36(12-15)17-4-5-17/h3,6,10-12,14,17,20H,4-5,7-9H2,1-2H3/t14-,20-/m0/s1. The molecule has 6 rings (SSSR count). The van der Waals surface area contributed by atoms with Crippen molar-refractivity contribution in [2.75, 3.05) is 6.61 Å². The Labute approximate surface area is 214 Å². The zero-order valence-corrected chi connectivity index (χ0v) is 20.7. The molecule has 38 heavy (non-hydrogen) atoms. The summed E-state index contributed by atoms with van der Waals surface area (Å²) in [7, 11) is 1.55. The van der Waals surface area contributed by atoms with Crippen LogP contribution >= 0.6 is 0 Å². The van der Waals surface area contributed by atoms with E-state index in [1.54, 1.807) is 20.2 Å². The number of benzene rings is 1. The highest BCUT2D eigenvalue weighted by Crippen LogP contribution is 2.40. The Morgan fingerprint density at radius 2 is 1.87 bits per heavy atom. The van der Waals surface area contributed by atoms with Gasteiger partial charge in [-0.3, -0.25) is 14.0 Å². The van der Waals surface area contributed by atoms with Gasteiger partial charge in [-0.15, -0.1) is 0 Å². The lowest BCUT2D eigenvalue weighted by molar-refractivity contribution is -0.137. The fourth-order valence-electron chi connectivity index (χ4n) is 4.85. The molecule has 1 saturated heterocycles. The molecule has 0 N–H and O–H groups in total. The summed E-state index contributed by atoms with van der Waals surface area (Å²) in [5, 5.41) is 4.44. The number of halogens is 4. The van der Waals surface area contributed by atoms with E-state index in [1.165, 1.54) is 4.57 Å². The molecule has 3 aromatic heterocycles. The van der Waals surface area contributed by atoms with Gasteiger partial charge in [0.2, 0.25) is 0 Å². The van der Waals surface area contributed by atoms with E-state index in [9.17, 15) is 18.0 Å². The Balaban J connectivity index is 1.45. The number of ether oxygens (including phenoxy) is 1. The highest BCUT2D eigenvalue weighted by atomic mass is 19.4. The van der Waals surface area contributed by atoms with Crippen LogP contribution in [0.2, 0.25) is 0 Å². The van der Waals surface area contributed by atoms with Crippen LogP contribution in [-0.4, -0.2) is 35.9 Å². The van der Waals surface area contributed by atoms with Crippen LogP contribution in [0, 0.1) is 12.7 Å². The smallest absolute Gasteiger partial charge is 0.373 e. The zero-order chi connectivity index (χ0) is 26.8. The van der Waals surface area contributed by atoms with E-state index in [4.69, 9.17) is 4.74 Å². The molecule has 198 valence electrons. The monoisotopic (exact) mass is 528 g/mol. The number of hydrogen-bond acceptors (Lipinski definition) is 6. The molecule has 2 aliphatic rings. The van der Waals surface area contributed by atoms with Crippen molar-refractivity contribution in [3.63, 3.8) is 0 Å². The van der Waals surface area contributed by atoms with Crippen molar-refractivity contribution in [1.82, 2.24) is 29.3 Å². The molecule has 0 bridgehead atoms. The maximum Gasteiger partial charge on any atom is 0.416 e. The minimum Gasteiger partial charge on any atom is -0.373 e. The first-order valence-corrected chi connectivity index (χ1v) is 12.4. The van der Waals surface area contributed by atoms with Crippen molar-refractivity contribution < 1.29 is 22.3 Å². The summed E-state index contributed by atoms with van der Waals surface area (Å²) in [4.78, 5) is 26.7. The van der Waals surface area contributed by atoms with Gasteiger partial charge in [0.1, 0.15) is 28.7 Å². The topological polar surface area (TPSA) is 87.7 Å². The van der Waals surface area contributed by atoms with Gasteiger partial charge in [0.25, 0.3) is 5.56 Å². The highest BCUT2D eigenvalue weighted by Gasteiger charge is 2.33. The fraction of sp³-hybridized carbons (Fsp3) is 0.423. The summed E-state index contributed by atoms with van der Waals surface area (Å²) >= 11 is 0. The highest BCUT2D eigenvalue weighted by molar-refractivity contribution is 5.88. The van der Waals surface area contributed by atoms with Crippen LogP contribution < -0.4 is 5.56 Å². The van der Waals surface area contributed by atoms with Crippen LogP contribution in [0.25, 0.3) is 22.3 Å². The summed E-state index contributed by atoms with van der Waals surface area (Å²) in [6, 6.07) is 2.68. The van der Waals surface area contributed by atoms with Gasteiger partial charge in [-0.05, 0) is 50.8 Å². The minimum atomic E-state index is -4.70.